The van der Waals surface area contributed by atoms with E-state index in [1.165, 1.54) is 17.2 Å². The van der Waals surface area contributed by atoms with E-state index in [9.17, 15) is 0 Å². The van der Waals surface area contributed by atoms with Gasteiger partial charge in [0.1, 0.15) is 0 Å². The molecular weight excluding hydrogens is 236 g/mol. The van der Waals surface area contributed by atoms with Gasteiger partial charge in [-0.05, 0) is 22.9 Å². The molecule has 2 aromatic rings. The van der Waals surface area contributed by atoms with E-state index >= 15 is 0 Å². The van der Waals surface area contributed by atoms with Gasteiger partial charge >= 0.3 is 0 Å². The maximum atomic E-state index is 3.43. The summed E-state index contributed by atoms with van der Waals surface area (Å²) in [5, 5.41) is 2.57. The van der Waals surface area contributed by atoms with Crippen molar-refractivity contribution in [2.45, 2.75) is 20.3 Å². The van der Waals surface area contributed by atoms with E-state index in [1.54, 1.807) is 0 Å². The van der Waals surface area contributed by atoms with E-state index < -0.39 is 0 Å². The van der Waals surface area contributed by atoms with E-state index in [0.29, 0.717) is 0 Å². The Balaban J connectivity index is 0.000000293. The molecular formula is C13H15Br. The van der Waals surface area contributed by atoms with Crippen LogP contribution in [0.5, 0.6) is 0 Å². The molecule has 0 nitrogen and oxygen atoms in total. The van der Waals surface area contributed by atoms with Gasteiger partial charge < -0.3 is 0 Å². The fraction of sp³-hybridized carbons (Fsp3) is 0.231. The van der Waals surface area contributed by atoms with Crippen LogP contribution in [0.4, 0.5) is 0 Å². The van der Waals surface area contributed by atoms with Crippen LogP contribution in [0.15, 0.2) is 46.9 Å². The zero-order valence-corrected chi connectivity index (χ0v) is 10.2. The van der Waals surface area contributed by atoms with E-state index in [-0.39, 0.29) is 0 Å². The van der Waals surface area contributed by atoms with Gasteiger partial charge in [0.15, 0.2) is 0 Å². The van der Waals surface area contributed by atoms with Gasteiger partial charge in [0.05, 0.1) is 0 Å². The van der Waals surface area contributed by atoms with Gasteiger partial charge in [-0.15, -0.1) is 0 Å². The number of fused-ring (bicyclic) bond motifs is 1. The Morgan fingerprint density at radius 3 is 2.14 bits per heavy atom. The van der Waals surface area contributed by atoms with Crippen molar-refractivity contribution in [1.29, 1.82) is 0 Å². The summed E-state index contributed by atoms with van der Waals surface area (Å²) in [6.45, 7) is 4.25. The SMILES string of the molecule is Brc1ccc2ccccc2c1.CCC. The van der Waals surface area contributed by atoms with Crippen LogP contribution in [0.1, 0.15) is 20.3 Å². The fourth-order valence-corrected chi connectivity index (χ4v) is 1.54. The first-order chi connectivity index (χ1) is 6.77. The van der Waals surface area contributed by atoms with Crippen LogP contribution in [0.3, 0.4) is 0 Å². The van der Waals surface area contributed by atoms with Crippen LogP contribution >= 0.6 is 15.9 Å². The van der Waals surface area contributed by atoms with Gasteiger partial charge in [0, 0.05) is 4.47 Å². The molecule has 0 amide bonds. The van der Waals surface area contributed by atoms with Crippen molar-refractivity contribution < 1.29 is 0 Å². The van der Waals surface area contributed by atoms with Gasteiger partial charge in [-0.3, -0.25) is 0 Å². The van der Waals surface area contributed by atoms with Crippen molar-refractivity contribution in [3.63, 3.8) is 0 Å². The quantitative estimate of drug-likeness (QED) is 0.616. The lowest BCUT2D eigenvalue weighted by atomic mass is 10.1. The Kier molecular flexibility index (Phi) is 4.68. The van der Waals surface area contributed by atoms with Crippen LogP contribution in [0, 0.1) is 0 Å². The smallest absolute Gasteiger partial charge is 0.0181 e. The summed E-state index contributed by atoms with van der Waals surface area (Å²) in [6, 6.07) is 14.6. The summed E-state index contributed by atoms with van der Waals surface area (Å²) in [7, 11) is 0. The lowest BCUT2D eigenvalue weighted by Crippen LogP contribution is -1.69. The molecule has 0 saturated heterocycles. The van der Waals surface area contributed by atoms with Crippen LogP contribution in [0.25, 0.3) is 10.8 Å². The van der Waals surface area contributed by atoms with Crippen molar-refractivity contribution in [2.75, 3.05) is 0 Å². The van der Waals surface area contributed by atoms with Gasteiger partial charge in [-0.1, -0.05) is 66.5 Å². The van der Waals surface area contributed by atoms with E-state index in [2.05, 4.69) is 72.2 Å². The standard InChI is InChI=1S/C10H7Br.C3H8/c11-10-6-5-8-3-1-2-4-9(8)7-10;1-3-2/h1-7H;3H2,1-2H3. The molecule has 0 aliphatic carbocycles. The average molecular weight is 251 g/mol. The summed E-state index contributed by atoms with van der Waals surface area (Å²) in [6.07, 6.45) is 1.25. The second kappa shape index (κ2) is 5.82. The lowest BCUT2D eigenvalue weighted by molar-refractivity contribution is 1.09. The van der Waals surface area contributed by atoms with Crippen molar-refractivity contribution >= 4 is 26.7 Å². The first-order valence-corrected chi connectivity index (χ1v) is 5.71. The highest BCUT2D eigenvalue weighted by atomic mass is 79.9. The fourth-order valence-electron chi connectivity index (χ4n) is 1.16. The molecule has 0 saturated carbocycles. The maximum Gasteiger partial charge on any atom is 0.0181 e. The summed E-state index contributed by atoms with van der Waals surface area (Å²) >= 11 is 3.43. The molecule has 0 spiro atoms. The van der Waals surface area contributed by atoms with Gasteiger partial charge in [-0.2, -0.15) is 0 Å². The van der Waals surface area contributed by atoms with Crippen LogP contribution < -0.4 is 0 Å². The van der Waals surface area contributed by atoms with E-state index in [0.717, 1.165) is 4.47 Å². The third-order valence-corrected chi connectivity index (χ3v) is 2.20. The number of benzene rings is 2. The Bertz CT molecular complexity index is 393. The highest BCUT2D eigenvalue weighted by molar-refractivity contribution is 9.10. The molecule has 0 aliphatic heterocycles. The lowest BCUT2D eigenvalue weighted by Gasteiger charge is -1.95. The normalized spacial score (nSPS) is 9.36. The minimum absolute atomic E-state index is 1.14. The summed E-state index contributed by atoms with van der Waals surface area (Å²) in [5.74, 6) is 0. The summed E-state index contributed by atoms with van der Waals surface area (Å²) in [4.78, 5) is 0. The number of halogens is 1. The minimum Gasteiger partial charge on any atom is -0.0656 e. The molecule has 0 unspecified atom stereocenters. The van der Waals surface area contributed by atoms with Gasteiger partial charge in [-0.25, -0.2) is 0 Å². The molecule has 0 bridgehead atoms. The van der Waals surface area contributed by atoms with Crippen LogP contribution in [-0.2, 0) is 0 Å². The topological polar surface area (TPSA) is 0 Å². The average Bonchev–Trinajstić information content (AvgIpc) is 2.19. The number of hydrogen-bond acceptors (Lipinski definition) is 0. The Morgan fingerprint density at radius 2 is 1.50 bits per heavy atom. The molecule has 0 fully saturated rings. The van der Waals surface area contributed by atoms with Crippen molar-refractivity contribution in [2.24, 2.45) is 0 Å². The van der Waals surface area contributed by atoms with Gasteiger partial charge in [0.2, 0.25) is 0 Å². The molecule has 0 aromatic heterocycles. The summed E-state index contributed by atoms with van der Waals surface area (Å²) in [5.41, 5.74) is 0. The molecule has 14 heavy (non-hydrogen) atoms. The number of rotatable bonds is 0. The minimum atomic E-state index is 1.14. The molecule has 0 aliphatic rings. The molecule has 2 rings (SSSR count). The first-order valence-electron chi connectivity index (χ1n) is 4.92. The van der Waals surface area contributed by atoms with Crippen LogP contribution in [-0.4, -0.2) is 0 Å². The highest BCUT2D eigenvalue weighted by Gasteiger charge is 1.90. The first kappa shape index (κ1) is 11.3. The predicted molar refractivity (Wildman–Crippen MR) is 67.6 cm³/mol. The molecule has 0 radical (unpaired) electrons. The summed E-state index contributed by atoms with van der Waals surface area (Å²) < 4.78 is 1.14. The molecule has 1 heteroatoms. The van der Waals surface area contributed by atoms with Crippen LogP contribution in [0.2, 0.25) is 0 Å². The van der Waals surface area contributed by atoms with E-state index in [1.807, 2.05) is 0 Å². The molecule has 74 valence electrons. The molecule has 2 aromatic carbocycles. The zero-order chi connectivity index (χ0) is 10.4. The Hall–Kier alpha value is -0.820. The largest absolute Gasteiger partial charge is 0.0656 e. The molecule has 0 N–H and O–H groups in total. The molecule has 0 atom stereocenters. The second-order valence-electron chi connectivity index (χ2n) is 3.20. The predicted octanol–water partition coefficient (Wildman–Crippen LogP) is 5.02. The van der Waals surface area contributed by atoms with Crippen molar-refractivity contribution in [3.8, 4) is 0 Å². The Morgan fingerprint density at radius 1 is 0.929 bits per heavy atom. The molecule has 0 heterocycles. The van der Waals surface area contributed by atoms with Crippen molar-refractivity contribution in [3.05, 3.63) is 46.9 Å². The second-order valence-corrected chi connectivity index (χ2v) is 4.11. The zero-order valence-electron chi connectivity index (χ0n) is 8.63. The maximum absolute atomic E-state index is 3.43. The Labute approximate surface area is 94.1 Å². The number of hydrogen-bond donors (Lipinski definition) is 0. The van der Waals surface area contributed by atoms with Crippen molar-refractivity contribution in [1.82, 2.24) is 0 Å². The third-order valence-electron chi connectivity index (χ3n) is 1.71. The highest BCUT2D eigenvalue weighted by Crippen LogP contribution is 2.18. The third kappa shape index (κ3) is 3.15. The van der Waals surface area contributed by atoms with Gasteiger partial charge in [0.25, 0.3) is 0 Å². The monoisotopic (exact) mass is 250 g/mol. The van der Waals surface area contributed by atoms with E-state index in [4.69, 9.17) is 0 Å².